The first-order chi connectivity index (χ1) is 12.4. The molecule has 2 N–H and O–H groups in total. The van der Waals surface area contributed by atoms with Gasteiger partial charge in [-0.2, -0.15) is 21.9 Å². The first-order valence-corrected chi connectivity index (χ1v) is 9.17. The number of carbonyl (C=O) groups is 1. The average Bonchev–Trinajstić information content (AvgIpc) is 3.08. The fourth-order valence-corrected chi connectivity index (χ4v) is 3.51. The summed E-state index contributed by atoms with van der Waals surface area (Å²) in [4.78, 5) is 12.6. The minimum absolute atomic E-state index is 0.0858. The maximum atomic E-state index is 12.4. The molecule has 0 aliphatic carbocycles. The van der Waals surface area contributed by atoms with E-state index in [0.29, 0.717) is 39.1 Å². The number of carbonyl (C=O) groups excluding carboxylic acids is 1. The summed E-state index contributed by atoms with van der Waals surface area (Å²) in [7, 11) is 0. The zero-order valence-corrected chi connectivity index (χ0v) is 14.8. The van der Waals surface area contributed by atoms with E-state index >= 15 is 0 Å². The van der Waals surface area contributed by atoms with Crippen LogP contribution in [0.1, 0.15) is 0 Å². The van der Waals surface area contributed by atoms with Gasteiger partial charge < -0.3 is 10.6 Å². The van der Waals surface area contributed by atoms with Crippen LogP contribution in [-0.2, 0) is 4.79 Å². The molecule has 0 radical (unpaired) electrons. The Morgan fingerprint density at radius 1 is 1.08 bits per heavy atom. The summed E-state index contributed by atoms with van der Waals surface area (Å²) in [5.74, 6) is -1.32. The number of aromatic nitrogens is 2. The van der Waals surface area contributed by atoms with Crippen molar-refractivity contribution in [2.24, 2.45) is 0 Å². The molecule has 0 saturated carbocycles. The van der Waals surface area contributed by atoms with E-state index < -0.39 is 11.9 Å². The molecule has 0 spiro atoms. The third kappa shape index (κ3) is 4.85. The van der Waals surface area contributed by atoms with Crippen molar-refractivity contribution in [1.82, 2.24) is 8.75 Å². The number of alkyl halides is 3. The first kappa shape index (κ1) is 18.5. The molecule has 0 fully saturated rings. The lowest BCUT2D eigenvalue weighted by molar-refractivity contribution is -0.114. The van der Waals surface area contributed by atoms with Gasteiger partial charge in [-0.3, -0.25) is 4.79 Å². The predicted octanol–water partition coefficient (Wildman–Crippen LogP) is 4.40. The lowest BCUT2D eigenvalue weighted by atomic mass is 10.2. The highest BCUT2D eigenvalue weighted by molar-refractivity contribution is 7.99. The van der Waals surface area contributed by atoms with Crippen LogP contribution in [0.5, 0.6) is 0 Å². The third-order valence-electron chi connectivity index (χ3n) is 3.28. The van der Waals surface area contributed by atoms with Gasteiger partial charge >= 0.3 is 6.18 Å². The molecule has 0 unspecified atom stereocenters. The molecule has 1 heterocycles. The molecule has 0 aliphatic heterocycles. The Hall–Kier alpha value is -2.33. The Kier molecular flexibility index (Phi) is 5.62. The van der Waals surface area contributed by atoms with Crippen LogP contribution in [0.4, 0.5) is 24.5 Å². The van der Waals surface area contributed by atoms with Crippen LogP contribution in [0, 0.1) is 0 Å². The molecule has 3 aromatic rings. The Morgan fingerprint density at radius 2 is 1.85 bits per heavy atom. The molecule has 26 heavy (non-hydrogen) atoms. The van der Waals surface area contributed by atoms with Crippen LogP contribution in [-0.4, -0.2) is 33.1 Å². The number of benzene rings is 2. The average molecular weight is 398 g/mol. The largest absolute Gasteiger partial charge is 0.398 e. The van der Waals surface area contributed by atoms with Crippen molar-refractivity contribution in [3.63, 3.8) is 0 Å². The van der Waals surface area contributed by atoms with E-state index in [1.807, 2.05) is 0 Å². The molecular weight excluding hydrogens is 385 g/mol. The van der Waals surface area contributed by atoms with Crippen LogP contribution < -0.4 is 10.6 Å². The SMILES string of the molecule is O=C(CNc1ccccc1SCC(F)(F)F)Nc1cccc2nsnc12. The van der Waals surface area contributed by atoms with Gasteiger partial charge in [-0.1, -0.05) is 18.2 Å². The molecule has 0 aliphatic rings. The van der Waals surface area contributed by atoms with Gasteiger partial charge in [-0.15, -0.1) is 11.8 Å². The van der Waals surface area contributed by atoms with Crippen LogP contribution in [0.3, 0.4) is 0 Å². The van der Waals surface area contributed by atoms with Gasteiger partial charge in [-0.05, 0) is 24.3 Å². The second kappa shape index (κ2) is 7.92. The Labute approximate surface area is 155 Å². The maximum Gasteiger partial charge on any atom is 0.398 e. The normalized spacial score (nSPS) is 11.5. The lowest BCUT2D eigenvalue weighted by Gasteiger charge is -2.13. The van der Waals surface area contributed by atoms with E-state index in [4.69, 9.17) is 0 Å². The minimum atomic E-state index is -4.25. The monoisotopic (exact) mass is 398 g/mol. The van der Waals surface area contributed by atoms with Crippen molar-refractivity contribution >= 4 is 51.8 Å². The fourth-order valence-electron chi connectivity index (χ4n) is 2.18. The van der Waals surface area contributed by atoms with Gasteiger partial charge in [0.15, 0.2) is 0 Å². The summed E-state index contributed by atoms with van der Waals surface area (Å²) in [6.07, 6.45) is -4.25. The summed E-state index contributed by atoms with van der Waals surface area (Å²) < 4.78 is 45.5. The predicted molar refractivity (Wildman–Crippen MR) is 97.8 cm³/mol. The van der Waals surface area contributed by atoms with Crippen molar-refractivity contribution in [2.45, 2.75) is 11.1 Å². The highest BCUT2D eigenvalue weighted by Gasteiger charge is 2.27. The molecule has 1 amide bonds. The van der Waals surface area contributed by atoms with Crippen molar-refractivity contribution < 1.29 is 18.0 Å². The first-order valence-electron chi connectivity index (χ1n) is 7.46. The number of hydrogen-bond donors (Lipinski definition) is 2. The van der Waals surface area contributed by atoms with Gasteiger partial charge in [0, 0.05) is 10.6 Å². The third-order valence-corrected chi connectivity index (χ3v) is 4.96. The van der Waals surface area contributed by atoms with E-state index in [1.165, 1.54) is 0 Å². The zero-order chi connectivity index (χ0) is 18.6. The fraction of sp³-hybridized carbons (Fsp3) is 0.188. The number of anilines is 2. The molecule has 1 aromatic heterocycles. The van der Waals surface area contributed by atoms with E-state index in [0.717, 1.165) is 11.7 Å². The van der Waals surface area contributed by atoms with Gasteiger partial charge in [-0.25, -0.2) is 0 Å². The van der Waals surface area contributed by atoms with E-state index in [2.05, 4.69) is 19.4 Å². The molecule has 0 atom stereocenters. The number of thioether (sulfide) groups is 1. The molecular formula is C16H13F3N4OS2. The highest BCUT2D eigenvalue weighted by Crippen LogP contribution is 2.32. The van der Waals surface area contributed by atoms with E-state index in [-0.39, 0.29) is 12.5 Å². The molecule has 3 rings (SSSR count). The van der Waals surface area contributed by atoms with Crippen LogP contribution in [0.25, 0.3) is 11.0 Å². The van der Waals surface area contributed by atoms with Crippen LogP contribution >= 0.6 is 23.5 Å². The standard InChI is InChI=1S/C16H13F3N4OS2/c17-16(18,19)9-25-13-7-2-1-4-10(13)20-8-14(24)21-11-5-3-6-12-15(11)23-26-22-12/h1-7,20H,8-9H2,(H,21,24). The van der Waals surface area contributed by atoms with Gasteiger partial charge in [0.25, 0.3) is 0 Å². The van der Waals surface area contributed by atoms with Crippen LogP contribution in [0.2, 0.25) is 0 Å². The molecule has 10 heteroatoms. The summed E-state index contributed by atoms with van der Waals surface area (Å²) in [5, 5.41) is 5.61. The summed E-state index contributed by atoms with van der Waals surface area (Å²) in [6.45, 7) is -0.0858. The number of para-hydroxylation sites is 1. The highest BCUT2D eigenvalue weighted by atomic mass is 32.2. The van der Waals surface area contributed by atoms with Crippen molar-refractivity contribution in [3.05, 3.63) is 42.5 Å². The summed E-state index contributed by atoms with van der Waals surface area (Å²) >= 11 is 1.73. The molecule has 0 bridgehead atoms. The second-order valence-corrected chi connectivity index (χ2v) is 6.78. The van der Waals surface area contributed by atoms with E-state index in [1.54, 1.807) is 42.5 Å². The number of amides is 1. The number of fused-ring (bicyclic) bond motifs is 1. The van der Waals surface area contributed by atoms with Crippen molar-refractivity contribution in [1.29, 1.82) is 0 Å². The molecule has 136 valence electrons. The topological polar surface area (TPSA) is 66.9 Å². The number of hydrogen-bond acceptors (Lipinski definition) is 6. The number of halogens is 3. The lowest BCUT2D eigenvalue weighted by Crippen LogP contribution is -2.22. The Bertz CT molecular complexity index is 914. The maximum absolute atomic E-state index is 12.4. The number of rotatable bonds is 6. The molecule has 2 aromatic carbocycles. The van der Waals surface area contributed by atoms with E-state index in [9.17, 15) is 18.0 Å². The second-order valence-electron chi connectivity index (χ2n) is 5.24. The van der Waals surface area contributed by atoms with Gasteiger partial charge in [0.2, 0.25) is 5.91 Å². The minimum Gasteiger partial charge on any atom is -0.375 e. The summed E-state index contributed by atoms with van der Waals surface area (Å²) in [5.41, 5.74) is 2.31. The van der Waals surface area contributed by atoms with Gasteiger partial charge in [0.05, 0.1) is 29.7 Å². The zero-order valence-electron chi connectivity index (χ0n) is 13.2. The quantitative estimate of drug-likeness (QED) is 0.603. The molecule has 5 nitrogen and oxygen atoms in total. The van der Waals surface area contributed by atoms with Crippen molar-refractivity contribution in [2.75, 3.05) is 22.9 Å². The number of nitrogens with one attached hydrogen (secondary N) is 2. The van der Waals surface area contributed by atoms with Crippen molar-refractivity contribution in [3.8, 4) is 0 Å². The number of nitrogens with zero attached hydrogens (tertiary/aromatic N) is 2. The summed E-state index contributed by atoms with van der Waals surface area (Å²) in [6, 6.07) is 11.8. The Balaban J connectivity index is 1.62. The van der Waals surface area contributed by atoms with Crippen LogP contribution in [0.15, 0.2) is 47.4 Å². The smallest absolute Gasteiger partial charge is 0.375 e. The van der Waals surface area contributed by atoms with Gasteiger partial charge in [0.1, 0.15) is 11.0 Å². The Morgan fingerprint density at radius 3 is 2.65 bits per heavy atom. The molecule has 0 saturated heterocycles.